The summed E-state index contributed by atoms with van der Waals surface area (Å²) in [5.41, 5.74) is 6.25. The molecule has 1 fully saturated rings. The lowest BCUT2D eigenvalue weighted by atomic mass is 9.88. The predicted octanol–water partition coefficient (Wildman–Crippen LogP) is 5.36. The smallest absolute Gasteiger partial charge is 0.409 e. The molecule has 4 rings (SSSR count). The van der Waals surface area contributed by atoms with Crippen molar-refractivity contribution in [2.24, 2.45) is 0 Å². The molecule has 0 atom stereocenters. The summed E-state index contributed by atoms with van der Waals surface area (Å²) in [6.07, 6.45) is 4.35. The number of benzene rings is 1. The number of amides is 1. The number of piperidine rings is 1. The van der Waals surface area contributed by atoms with Crippen molar-refractivity contribution in [2.75, 3.05) is 19.7 Å². The first-order valence-electron chi connectivity index (χ1n) is 9.78. The number of ether oxygens (including phenoxy) is 1. The molecule has 1 aliphatic heterocycles. The fourth-order valence-corrected chi connectivity index (χ4v) is 4.69. The van der Waals surface area contributed by atoms with Crippen LogP contribution in [0.4, 0.5) is 4.79 Å². The minimum atomic E-state index is -0.260. The molecule has 1 aromatic carbocycles. The molecule has 0 bridgehead atoms. The number of halogens is 2. The molecule has 0 saturated carbocycles. The van der Waals surface area contributed by atoms with Crippen LogP contribution in [0.15, 0.2) is 34.4 Å². The van der Waals surface area contributed by atoms with Gasteiger partial charge in [-0.05, 0) is 71.8 Å². The quantitative estimate of drug-likeness (QED) is 0.601. The molecule has 5 nitrogen and oxygen atoms in total. The zero-order chi connectivity index (χ0) is 20.5. The summed E-state index contributed by atoms with van der Waals surface area (Å²) in [6, 6.07) is 5.95. The van der Waals surface area contributed by atoms with Gasteiger partial charge in [0.1, 0.15) is 5.75 Å². The maximum atomic E-state index is 12.1. The number of aryl methyl sites for hydroxylation is 1. The van der Waals surface area contributed by atoms with E-state index in [-0.39, 0.29) is 11.8 Å². The molecule has 0 unspecified atom stereocenters. The number of carbonyl (C=O) groups is 1. The highest BCUT2D eigenvalue weighted by Gasteiger charge is 2.28. The molecule has 29 heavy (non-hydrogen) atoms. The number of rotatable bonds is 1. The molecule has 0 radical (unpaired) electrons. The molecule has 1 amide bonds. The molecule has 152 valence electrons. The van der Waals surface area contributed by atoms with Gasteiger partial charge in [-0.2, -0.15) is 0 Å². The average molecular weight is 478 g/mol. The Morgan fingerprint density at radius 2 is 2.03 bits per heavy atom. The fraction of sp³-hybridized carbons (Fsp3) is 0.364. The number of aromatic hydroxyl groups is 1. The number of aromatic nitrogens is 1. The number of carbonyl (C=O) groups excluding carboxylic acids is 1. The number of likely N-dealkylation sites (tertiary alicyclic amines) is 1. The van der Waals surface area contributed by atoms with E-state index in [0.717, 1.165) is 47.2 Å². The largest absolute Gasteiger partial charge is 0.506 e. The first kappa shape index (κ1) is 20.2. The van der Waals surface area contributed by atoms with Crippen molar-refractivity contribution in [3.05, 3.63) is 61.8 Å². The highest BCUT2D eigenvalue weighted by molar-refractivity contribution is 9.10. The summed E-state index contributed by atoms with van der Waals surface area (Å²) in [4.78, 5) is 18.5. The number of hydrogen-bond donors (Lipinski definition) is 1. The molecule has 1 aliphatic carbocycles. The third-order valence-electron chi connectivity index (χ3n) is 5.57. The van der Waals surface area contributed by atoms with Gasteiger partial charge in [0.05, 0.1) is 16.8 Å². The van der Waals surface area contributed by atoms with Crippen molar-refractivity contribution in [3.63, 3.8) is 0 Å². The third-order valence-corrected chi connectivity index (χ3v) is 6.38. The van der Waals surface area contributed by atoms with Crippen molar-refractivity contribution < 1.29 is 14.6 Å². The predicted molar refractivity (Wildman–Crippen MR) is 116 cm³/mol. The van der Waals surface area contributed by atoms with E-state index < -0.39 is 0 Å². The summed E-state index contributed by atoms with van der Waals surface area (Å²) in [5.74, 6) is 0.246. The lowest BCUT2D eigenvalue weighted by Crippen LogP contribution is -2.37. The molecule has 1 aromatic heterocycles. The molecular weight excluding hydrogens is 456 g/mol. The minimum absolute atomic E-state index is 0.246. The zero-order valence-corrected chi connectivity index (χ0v) is 18.5. The molecule has 1 N–H and O–H groups in total. The van der Waals surface area contributed by atoms with Gasteiger partial charge in [-0.3, -0.25) is 4.98 Å². The first-order chi connectivity index (χ1) is 14.0. The molecule has 2 aliphatic rings. The van der Waals surface area contributed by atoms with Crippen LogP contribution in [-0.2, 0) is 17.6 Å². The lowest BCUT2D eigenvalue weighted by Gasteiger charge is -2.29. The van der Waals surface area contributed by atoms with Crippen LogP contribution in [0.1, 0.15) is 42.1 Å². The van der Waals surface area contributed by atoms with Crippen molar-refractivity contribution in [2.45, 2.75) is 32.6 Å². The SMILES string of the molecule is CCOC(=O)N1CCC(=C2c3ccc(Cl)cc3CCc3c2ncc(Br)c3O)CC1. The van der Waals surface area contributed by atoms with Gasteiger partial charge in [-0.1, -0.05) is 23.2 Å². The summed E-state index contributed by atoms with van der Waals surface area (Å²) < 4.78 is 5.74. The second-order valence-electron chi connectivity index (χ2n) is 7.25. The fourth-order valence-electron chi connectivity index (χ4n) is 4.15. The van der Waals surface area contributed by atoms with Crippen LogP contribution in [0, 0.1) is 0 Å². The summed E-state index contributed by atoms with van der Waals surface area (Å²) >= 11 is 9.66. The van der Waals surface area contributed by atoms with Crippen LogP contribution in [0.2, 0.25) is 5.02 Å². The van der Waals surface area contributed by atoms with E-state index in [1.807, 2.05) is 25.1 Å². The van der Waals surface area contributed by atoms with E-state index in [1.54, 1.807) is 11.1 Å². The van der Waals surface area contributed by atoms with Crippen molar-refractivity contribution in [3.8, 4) is 5.75 Å². The normalized spacial score (nSPS) is 16.2. The molecular formula is C22H22BrClN2O3. The number of nitrogens with zero attached hydrogens (tertiary/aromatic N) is 2. The van der Waals surface area contributed by atoms with Gasteiger partial charge in [0.15, 0.2) is 0 Å². The Morgan fingerprint density at radius 3 is 2.76 bits per heavy atom. The minimum Gasteiger partial charge on any atom is -0.506 e. The van der Waals surface area contributed by atoms with Gasteiger partial charge in [-0.25, -0.2) is 4.79 Å². The second-order valence-corrected chi connectivity index (χ2v) is 8.54. The van der Waals surface area contributed by atoms with E-state index in [4.69, 9.17) is 21.3 Å². The highest BCUT2D eigenvalue weighted by Crippen LogP contribution is 2.42. The highest BCUT2D eigenvalue weighted by atomic mass is 79.9. The van der Waals surface area contributed by atoms with E-state index >= 15 is 0 Å². The van der Waals surface area contributed by atoms with Crippen LogP contribution < -0.4 is 0 Å². The Bertz CT molecular complexity index is 996. The molecule has 1 saturated heterocycles. The van der Waals surface area contributed by atoms with E-state index in [2.05, 4.69) is 15.9 Å². The van der Waals surface area contributed by atoms with Crippen LogP contribution in [-0.4, -0.2) is 40.8 Å². The number of fused-ring (bicyclic) bond motifs is 2. The van der Waals surface area contributed by atoms with E-state index in [9.17, 15) is 9.90 Å². The maximum absolute atomic E-state index is 12.1. The van der Waals surface area contributed by atoms with Crippen molar-refractivity contribution >= 4 is 39.2 Å². The Labute approximate surface area is 183 Å². The Balaban J connectivity index is 1.81. The summed E-state index contributed by atoms with van der Waals surface area (Å²) in [5, 5.41) is 11.4. The zero-order valence-electron chi connectivity index (χ0n) is 16.2. The van der Waals surface area contributed by atoms with Gasteiger partial charge in [0.2, 0.25) is 0 Å². The molecule has 7 heteroatoms. The number of pyridine rings is 1. The van der Waals surface area contributed by atoms with E-state index in [0.29, 0.717) is 35.6 Å². The third kappa shape index (κ3) is 3.88. The van der Waals surface area contributed by atoms with Gasteiger partial charge in [0.25, 0.3) is 0 Å². The molecule has 2 aromatic rings. The van der Waals surface area contributed by atoms with Crippen LogP contribution >= 0.6 is 27.5 Å². The maximum Gasteiger partial charge on any atom is 0.409 e. The van der Waals surface area contributed by atoms with Crippen LogP contribution in [0.3, 0.4) is 0 Å². The monoisotopic (exact) mass is 476 g/mol. The Kier molecular flexibility index (Phi) is 5.83. The standard InChI is InChI=1S/C22H22BrClN2O3/c1-2-29-22(28)26-9-7-13(8-10-26)19-16-6-4-15(24)11-14(16)3-5-17-20(19)25-12-18(23)21(17)27/h4,6,11-12H,2-3,5,7-10H2,1H3,(H,25,27). The average Bonchev–Trinajstić information content (AvgIpc) is 2.88. The number of hydrogen-bond acceptors (Lipinski definition) is 4. The van der Waals surface area contributed by atoms with Crippen molar-refractivity contribution in [1.82, 2.24) is 9.88 Å². The van der Waals surface area contributed by atoms with Gasteiger partial charge in [-0.15, -0.1) is 0 Å². The van der Waals surface area contributed by atoms with Crippen LogP contribution in [0.25, 0.3) is 5.57 Å². The Morgan fingerprint density at radius 1 is 1.28 bits per heavy atom. The Hall–Kier alpha value is -2.05. The molecule has 2 heterocycles. The van der Waals surface area contributed by atoms with Crippen LogP contribution in [0.5, 0.6) is 5.75 Å². The van der Waals surface area contributed by atoms with Gasteiger partial charge >= 0.3 is 6.09 Å². The topological polar surface area (TPSA) is 62.7 Å². The second kappa shape index (κ2) is 8.36. The molecule has 0 spiro atoms. The summed E-state index contributed by atoms with van der Waals surface area (Å²) in [6.45, 7) is 3.41. The van der Waals surface area contributed by atoms with Gasteiger partial charge < -0.3 is 14.7 Å². The van der Waals surface area contributed by atoms with Gasteiger partial charge in [0, 0.05) is 35.4 Å². The lowest BCUT2D eigenvalue weighted by molar-refractivity contribution is 0.104. The van der Waals surface area contributed by atoms with E-state index in [1.165, 1.54) is 5.57 Å². The summed E-state index contributed by atoms with van der Waals surface area (Å²) in [7, 11) is 0. The first-order valence-corrected chi connectivity index (χ1v) is 11.0. The van der Waals surface area contributed by atoms with Crippen molar-refractivity contribution in [1.29, 1.82) is 0 Å².